The van der Waals surface area contributed by atoms with Gasteiger partial charge in [0.25, 0.3) is 0 Å². The van der Waals surface area contributed by atoms with E-state index in [-0.39, 0.29) is 29.5 Å². The van der Waals surface area contributed by atoms with Crippen LogP contribution in [0.4, 0.5) is 9.18 Å². The number of carbonyl (C=O) groups is 2. The zero-order chi connectivity index (χ0) is 25.3. The Bertz CT molecular complexity index is 1090. The van der Waals surface area contributed by atoms with Crippen molar-refractivity contribution in [3.05, 3.63) is 63.9 Å². The van der Waals surface area contributed by atoms with E-state index in [9.17, 15) is 19.1 Å². The van der Waals surface area contributed by atoms with Crippen LogP contribution in [0.5, 0.6) is 5.75 Å². The second-order valence-corrected chi connectivity index (χ2v) is 10.6. The van der Waals surface area contributed by atoms with Gasteiger partial charge in [0.05, 0.1) is 21.7 Å². The molecule has 2 aromatic carbocycles. The second kappa shape index (κ2) is 10.3. The molecule has 1 heterocycles. The van der Waals surface area contributed by atoms with E-state index in [1.807, 2.05) is 13.0 Å². The molecule has 1 N–H and O–H groups in total. The molecule has 4 rings (SSSR count). The van der Waals surface area contributed by atoms with Crippen LogP contribution in [-0.2, 0) is 4.79 Å². The highest BCUT2D eigenvalue weighted by molar-refractivity contribution is 6.42. The topological polar surface area (TPSA) is 70.1 Å². The monoisotopic (exact) mass is 522 g/mol. The molecule has 2 aliphatic rings. The minimum absolute atomic E-state index is 0.0355. The number of amides is 2. The van der Waals surface area contributed by atoms with E-state index in [4.69, 9.17) is 27.9 Å². The fraction of sp³-hybridized carbons (Fsp3) is 0.462. The van der Waals surface area contributed by atoms with E-state index < -0.39 is 17.5 Å². The number of hydrogen-bond donors (Lipinski definition) is 1. The highest BCUT2D eigenvalue weighted by Gasteiger charge is 2.43. The number of carbonyl (C=O) groups excluding carboxylic acids is 2. The Hall–Kier alpha value is -2.35. The third-order valence-corrected chi connectivity index (χ3v) is 7.93. The fourth-order valence-electron chi connectivity index (χ4n) is 4.99. The molecule has 2 aromatic rings. The van der Waals surface area contributed by atoms with Crippen LogP contribution < -0.4 is 4.74 Å². The smallest absolute Gasteiger partial charge is 0.410 e. The van der Waals surface area contributed by atoms with Crippen molar-refractivity contribution in [2.45, 2.75) is 50.2 Å². The molecule has 9 heteroatoms. The maximum absolute atomic E-state index is 13.4. The summed E-state index contributed by atoms with van der Waals surface area (Å²) in [6.45, 7) is 2.57. The van der Waals surface area contributed by atoms with Crippen molar-refractivity contribution in [2.24, 2.45) is 5.92 Å². The Morgan fingerprint density at radius 2 is 1.74 bits per heavy atom. The molecule has 1 aliphatic carbocycles. The third kappa shape index (κ3) is 5.90. The van der Waals surface area contributed by atoms with Crippen LogP contribution >= 0.6 is 23.2 Å². The molecule has 188 valence electrons. The van der Waals surface area contributed by atoms with E-state index in [1.165, 1.54) is 29.2 Å². The minimum atomic E-state index is -0.725. The Morgan fingerprint density at radius 3 is 2.37 bits per heavy atom. The van der Waals surface area contributed by atoms with Gasteiger partial charge in [0.15, 0.2) is 0 Å². The van der Waals surface area contributed by atoms with Gasteiger partial charge in [0, 0.05) is 32.0 Å². The second-order valence-electron chi connectivity index (χ2n) is 9.79. The van der Waals surface area contributed by atoms with Crippen LogP contribution in [-0.4, -0.2) is 58.7 Å². The Labute approximate surface area is 214 Å². The molecular formula is C26H29Cl2FN2O4. The van der Waals surface area contributed by atoms with Crippen molar-refractivity contribution < 1.29 is 23.8 Å². The summed E-state index contributed by atoms with van der Waals surface area (Å²) in [5.41, 5.74) is 0.143. The molecule has 6 nitrogen and oxygen atoms in total. The zero-order valence-electron chi connectivity index (χ0n) is 19.7. The van der Waals surface area contributed by atoms with Crippen LogP contribution in [0.15, 0.2) is 42.5 Å². The van der Waals surface area contributed by atoms with E-state index in [1.54, 1.807) is 24.1 Å². The molecule has 2 amide bonds. The minimum Gasteiger partial charge on any atom is -0.410 e. The first kappa shape index (κ1) is 25.7. The molecule has 0 aromatic heterocycles. The first-order valence-electron chi connectivity index (χ1n) is 11.7. The molecule has 0 radical (unpaired) electrons. The van der Waals surface area contributed by atoms with E-state index >= 15 is 0 Å². The quantitative estimate of drug-likeness (QED) is 0.575. The molecular weight excluding hydrogens is 494 g/mol. The van der Waals surface area contributed by atoms with Gasteiger partial charge in [-0.1, -0.05) is 29.3 Å². The van der Waals surface area contributed by atoms with Gasteiger partial charge in [-0.3, -0.25) is 4.79 Å². The van der Waals surface area contributed by atoms with Crippen LogP contribution in [0.25, 0.3) is 0 Å². The maximum atomic E-state index is 13.4. The maximum Gasteiger partial charge on any atom is 0.415 e. The lowest BCUT2D eigenvalue weighted by molar-refractivity contribution is -0.137. The molecule has 0 spiro atoms. The number of nitrogens with zero attached hydrogens (tertiary/aromatic N) is 2. The van der Waals surface area contributed by atoms with Gasteiger partial charge in [-0.25, -0.2) is 9.18 Å². The lowest BCUT2D eigenvalue weighted by atomic mass is 9.79. The number of likely N-dealkylation sites (tertiary alicyclic amines) is 1. The Balaban J connectivity index is 1.54. The number of ether oxygens (including phenoxy) is 1. The zero-order valence-corrected chi connectivity index (χ0v) is 21.2. The Kier molecular flexibility index (Phi) is 7.60. The van der Waals surface area contributed by atoms with Crippen LogP contribution in [0.2, 0.25) is 10.0 Å². The van der Waals surface area contributed by atoms with Gasteiger partial charge in [0.1, 0.15) is 11.6 Å². The van der Waals surface area contributed by atoms with E-state index in [2.05, 4.69) is 0 Å². The standard InChI is InChI=1S/C26H29Cl2FN2O4/c1-26(34)11-9-16(10-12-26)24(32)31-14-20(17-3-8-21(27)22(28)13-17)23(15-31)30(2)25(33)35-19-6-4-18(29)5-7-19/h3-8,13,16,20,23,34H,9-12,14-15H2,1-2H3/t16?,20-,23+,26?/m1/s1. The number of rotatable bonds is 4. The first-order valence-corrected chi connectivity index (χ1v) is 12.5. The van der Waals surface area contributed by atoms with Crippen molar-refractivity contribution >= 4 is 35.2 Å². The predicted molar refractivity (Wildman–Crippen MR) is 132 cm³/mol. The van der Waals surface area contributed by atoms with Gasteiger partial charge in [0.2, 0.25) is 5.91 Å². The van der Waals surface area contributed by atoms with Crippen LogP contribution in [0, 0.1) is 11.7 Å². The van der Waals surface area contributed by atoms with E-state index in [0.29, 0.717) is 48.8 Å². The van der Waals surface area contributed by atoms with E-state index in [0.717, 1.165) is 5.56 Å². The highest BCUT2D eigenvalue weighted by atomic mass is 35.5. The summed E-state index contributed by atoms with van der Waals surface area (Å²) >= 11 is 12.4. The van der Waals surface area contributed by atoms with Crippen molar-refractivity contribution in [2.75, 3.05) is 20.1 Å². The summed E-state index contributed by atoms with van der Waals surface area (Å²) in [7, 11) is 1.63. The van der Waals surface area contributed by atoms with Crippen molar-refractivity contribution in [1.82, 2.24) is 9.80 Å². The third-order valence-electron chi connectivity index (χ3n) is 7.19. The molecule has 35 heavy (non-hydrogen) atoms. The molecule has 2 atom stereocenters. The Morgan fingerprint density at radius 1 is 1.09 bits per heavy atom. The van der Waals surface area contributed by atoms with Gasteiger partial charge >= 0.3 is 6.09 Å². The fourth-order valence-corrected chi connectivity index (χ4v) is 5.29. The molecule has 0 bridgehead atoms. The van der Waals surface area contributed by atoms with Crippen molar-refractivity contribution in [1.29, 1.82) is 0 Å². The summed E-state index contributed by atoms with van der Waals surface area (Å²) in [4.78, 5) is 29.6. The average molecular weight is 523 g/mol. The number of benzene rings is 2. The number of hydrogen-bond acceptors (Lipinski definition) is 4. The number of likely N-dealkylation sites (N-methyl/N-ethyl adjacent to an activating group) is 1. The SMILES string of the molecule is CN(C(=O)Oc1ccc(F)cc1)[C@H]1CN(C(=O)C2CCC(C)(O)CC2)C[C@@H]1c1ccc(Cl)c(Cl)c1. The number of aliphatic hydroxyl groups is 1. The summed E-state index contributed by atoms with van der Waals surface area (Å²) in [5, 5.41) is 11.1. The summed E-state index contributed by atoms with van der Waals surface area (Å²) < 4.78 is 18.7. The predicted octanol–water partition coefficient (Wildman–Crippen LogP) is 5.50. The lowest BCUT2D eigenvalue weighted by Crippen LogP contribution is -2.44. The normalized spacial score (nSPS) is 26.5. The van der Waals surface area contributed by atoms with Crippen molar-refractivity contribution in [3.8, 4) is 5.75 Å². The van der Waals surface area contributed by atoms with Crippen LogP contribution in [0.3, 0.4) is 0 Å². The molecule has 1 saturated carbocycles. The molecule has 1 saturated heterocycles. The van der Waals surface area contributed by atoms with Crippen LogP contribution in [0.1, 0.15) is 44.1 Å². The highest BCUT2D eigenvalue weighted by Crippen LogP contribution is 2.38. The van der Waals surface area contributed by atoms with Crippen molar-refractivity contribution in [3.63, 3.8) is 0 Å². The molecule has 1 aliphatic heterocycles. The average Bonchev–Trinajstić information content (AvgIpc) is 3.27. The lowest BCUT2D eigenvalue weighted by Gasteiger charge is -2.34. The summed E-state index contributed by atoms with van der Waals surface area (Å²) in [6, 6.07) is 10.2. The first-order chi connectivity index (χ1) is 16.5. The summed E-state index contributed by atoms with van der Waals surface area (Å²) in [5.74, 6) is -0.513. The van der Waals surface area contributed by atoms with Gasteiger partial charge < -0.3 is 19.6 Å². The largest absolute Gasteiger partial charge is 0.415 e. The van der Waals surface area contributed by atoms with Gasteiger partial charge in [-0.15, -0.1) is 0 Å². The van der Waals surface area contributed by atoms with Gasteiger partial charge in [-0.05, 0) is 74.6 Å². The number of halogens is 3. The van der Waals surface area contributed by atoms with Gasteiger partial charge in [-0.2, -0.15) is 0 Å². The molecule has 2 fully saturated rings. The summed E-state index contributed by atoms with van der Waals surface area (Å²) in [6.07, 6.45) is 1.83. The molecule has 0 unspecified atom stereocenters.